The summed E-state index contributed by atoms with van der Waals surface area (Å²) < 4.78 is 41.2. The summed E-state index contributed by atoms with van der Waals surface area (Å²) in [6.07, 6.45) is 1.11. The molecule has 122 valence electrons. The van der Waals surface area contributed by atoms with Gasteiger partial charge < -0.3 is 4.74 Å². The molecule has 0 aromatic heterocycles. The van der Waals surface area contributed by atoms with Crippen molar-refractivity contribution in [1.29, 1.82) is 0 Å². The number of ether oxygens (including phenoxy) is 1. The van der Waals surface area contributed by atoms with Crippen molar-refractivity contribution < 1.29 is 22.3 Å². The summed E-state index contributed by atoms with van der Waals surface area (Å²) in [6.45, 7) is -0.305. The van der Waals surface area contributed by atoms with E-state index in [-0.39, 0.29) is 28.5 Å². The van der Waals surface area contributed by atoms with E-state index in [1.807, 2.05) is 0 Å². The van der Waals surface area contributed by atoms with Gasteiger partial charge in [-0.05, 0) is 29.8 Å². The van der Waals surface area contributed by atoms with Crippen LogP contribution in [-0.4, -0.2) is 20.6 Å². The molecule has 0 fully saturated rings. The highest BCUT2D eigenvalue weighted by atomic mass is 35.5. The minimum Gasteiger partial charge on any atom is -0.457 e. The van der Waals surface area contributed by atoms with Gasteiger partial charge in [0, 0.05) is 11.8 Å². The first-order valence-electron chi connectivity index (χ1n) is 6.63. The van der Waals surface area contributed by atoms with Crippen LogP contribution in [0.5, 0.6) is 0 Å². The predicted octanol–water partition coefficient (Wildman–Crippen LogP) is 3.38. The second kappa shape index (κ2) is 7.10. The van der Waals surface area contributed by atoms with Gasteiger partial charge in [0.2, 0.25) is 0 Å². The van der Waals surface area contributed by atoms with E-state index in [4.69, 9.17) is 16.3 Å². The second-order valence-corrected chi connectivity index (χ2v) is 7.59. The fraction of sp³-hybridized carbons (Fsp3) is 0.188. The molecule has 0 bridgehead atoms. The number of carbonyl (C=O) groups is 1. The van der Waals surface area contributed by atoms with Crippen molar-refractivity contribution >= 4 is 27.4 Å². The Morgan fingerprint density at radius 1 is 1.22 bits per heavy atom. The van der Waals surface area contributed by atoms with Crippen LogP contribution in [0, 0.1) is 5.82 Å². The minimum absolute atomic E-state index is 0.0924. The third kappa shape index (κ3) is 5.04. The summed E-state index contributed by atoms with van der Waals surface area (Å²) >= 11 is 5.86. The van der Waals surface area contributed by atoms with Crippen molar-refractivity contribution in [2.45, 2.75) is 12.4 Å². The van der Waals surface area contributed by atoms with E-state index in [0.29, 0.717) is 5.56 Å². The lowest BCUT2D eigenvalue weighted by molar-refractivity contribution is 0.0469. The number of halogens is 2. The van der Waals surface area contributed by atoms with Crippen molar-refractivity contribution in [1.82, 2.24) is 0 Å². The lowest BCUT2D eigenvalue weighted by Crippen LogP contribution is -2.08. The lowest BCUT2D eigenvalue weighted by atomic mass is 10.1. The summed E-state index contributed by atoms with van der Waals surface area (Å²) in [7, 11) is -3.21. The van der Waals surface area contributed by atoms with E-state index in [0.717, 1.165) is 6.26 Å². The standard InChI is InChI=1S/C16H14ClFO4S/c1-23(20,21)10-11-4-2-5-12(8-11)16(19)22-9-13-14(17)6-3-7-15(13)18/h2-8H,9-10H2,1H3. The maximum absolute atomic E-state index is 13.6. The largest absolute Gasteiger partial charge is 0.457 e. The molecule has 0 spiro atoms. The molecule has 0 saturated heterocycles. The minimum atomic E-state index is -3.21. The summed E-state index contributed by atoms with van der Waals surface area (Å²) in [5.74, 6) is -1.41. The van der Waals surface area contributed by atoms with Gasteiger partial charge in [0.25, 0.3) is 0 Å². The summed E-state index contributed by atoms with van der Waals surface area (Å²) in [4.78, 5) is 12.0. The Morgan fingerprint density at radius 3 is 2.57 bits per heavy atom. The molecule has 0 aliphatic heterocycles. The highest BCUT2D eigenvalue weighted by Gasteiger charge is 2.13. The SMILES string of the molecule is CS(=O)(=O)Cc1cccc(C(=O)OCc2c(F)cccc2Cl)c1. The molecule has 0 aliphatic rings. The van der Waals surface area contributed by atoms with Crippen LogP contribution in [0.2, 0.25) is 5.02 Å². The van der Waals surface area contributed by atoms with E-state index in [9.17, 15) is 17.6 Å². The number of hydrogen-bond acceptors (Lipinski definition) is 4. The Kier molecular flexibility index (Phi) is 5.38. The topological polar surface area (TPSA) is 60.4 Å². The number of benzene rings is 2. The second-order valence-electron chi connectivity index (χ2n) is 5.05. The number of hydrogen-bond donors (Lipinski definition) is 0. The van der Waals surface area contributed by atoms with E-state index < -0.39 is 21.6 Å². The molecule has 0 radical (unpaired) electrons. The summed E-state index contributed by atoms with van der Waals surface area (Å²) in [5, 5.41) is 0.170. The molecule has 23 heavy (non-hydrogen) atoms. The van der Waals surface area contributed by atoms with Crippen molar-refractivity contribution in [3.8, 4) is 0 Å². The van der Waals surface area contributed by atoms with Crippen LogP contribution in [0.4, 0.5) is 4.39 Å². The predicted molar refractivity (Wildman–Crippen MR) is 85.5 cm³/mol. The zero-order chi connectivity index (χ0) is 17.0. The van der Waals surface area contributed by atoms with E-state index >= 15 is 0 Å². The highest BCUT2D eigenvalue weighted by molar-refractivity contribution is 7.89. The monoisotopic (exact) mass is 356 g/mol. The first-order chi connectivity index (χ1) is 10.8. The van der Waals surface area contributed by atoms with E-state index in [1.54, 1.807) is 12.1 Å². The van der Waals surface area contributed by atoms with Crippen LogP contribution >= 0.6 is 11.6 Å². The van der Waals surface area contributed by atoms with Crippen LogP contribution in [0.15, 0.2) is 42.5 Å². The molecule has 0 unspecified atom stereocenters. The molecular weight excluding hydrogens is 343 g/mol. The van der Waals surface area contributed by atoms with Crippen LogP contribution < -0.4 is 0 Å². The fourth-order valence-electron chi connectivity index (χ4n) is 1.98. The van der Waals surface area contributed by atoms with Crippen molar-refractivity contribution in [3.63, 3.8) is 0 Å². The Hall–Kier alpha value is -1.92. The van der Waals surface area contributed by atoms with Crippen LogP contribution in [0.1, 0.15) is 21.5 Å². The maximum Gasteiger partial charge on any atom is 0.338 e. The Morgan fingerprint density at radius 2 is 1.91 bits per heavy atom. The first kappa shape index (κ1) is 17.4. The Labute approximate surface area is 138 Å². The van der Waals surface area contributed by atoms with Gasteiger partial charge in [-0.25, -0.2) is 17.6 Å². The lowest BCUT2D eigenvalue weighted by Gasteiger charge is -2.08. The molecule has 0 N–H and O–H groups in total. The smallest absolute Gasteiger partial charge is 0.338 e. The summed E-state index contributed by atoms with van der Waals surface area (Å²) in [6, 6.07) is 10.3. The van der Waals surface area contributed by atoms with E-state index in [1.165, 1.54) is 30.3 Å². The van der Waals surface area contributed by atoms with Gasteiger partial charge >= 0.3 is 5.97 Å². The summed E-state index contributed by atoms with van der Waals surface area (Å²) in [5.41, 5.74) is 0.763. The molecule has 0 aliphatic carbocycles. The third-order valence-corrected chi connectivity index (χ3v) is 4.21. The van der Waals surface area contributed by atoms with Crippen LogP contribution in [0.3, 0.4) is 0 Å². The molecule has 2 aromatic carbocycles. The quantitative estimate of drug-likeness (QED) is 0.770. The number of esters is 1. The molecule has 7 heteroatoms. The van der Waals surface area contributed by atoms with Crippen LogP contribution in [0.25, 0.3) is 0 Å². The van der Waals surface area contributed by atoms with Crippen LogP contribution in [-0.2, 0) is 26.9 Å². The van der Waals surface area contributed by atoms with Crippen molar-refractivity contribution in [3.05, 3.63) is 70.0 Å². The number of sulfone groups is 1. The Bertz CT molecular complexity index is 813. The Balaban J connectivity index is 2.11. The molecule has 4 nitrogen and oxygen atoms in total. The van der Waals surface area contributed by atoms with Gasteiger partial charge in [0.1, 0.15) is 12.4 Å². The third-order valence-electron chi connectivity index (χ3n) is 3.00. The number of rotatable bonds is 5. The van der Waals surface area contributed by atoms with Gasteiger partial charge in [-0.2, -0.15) is 0 Å². The molecule has 2 rings (SSSR count). The van der Waals surface area contributed by atoms with Crippen molar-refractivity contribution in [2.75, 3.05) is 6.26 Å². The zero-order valence-corrected chi connectivity index (χ0v) is 13.8. The molecule has 0 saturated carbocycles. The van der Waals surface area contributed by atoms with Gasteiger partial charge in [0.05, 0.1) is 16.3 Å². The fourth-order valence-corrected chi connectivity index (χ4v) is 2.98. The van der Waals surface area contributed by atoms with Gasteiger partial charge in [-0.15, -0.1) is 0 Å². The molecule has 0 amide bonds. The maximum atomic E-state index is 13.6. The molecular formula is C16H14ClFO4S. The average molecular weight is 357 g/mol. The zero-order valence-electron chi connectivity index (χ0n) is 12.3. The molecule has 0 atom stereocenters. The van der Waals surface area contributed by atoms with E-state index in [2.05, 4.69) is 0 Å². The molecule has 2 aromatic rings. The van der Waals surface area contributed by atoms with Gasteiger partial charge in [0.15, 0.2) is 9.84 Å². The van der Waals surface area contributed by atoms with Crippen molar-refractivity contribution in [2.24, 2.45) is 0 Å². The highest BCUT2D eigenvalue weighted by Crippen LogP contribution is 2.20. The van der Waals surface area contributed by atoms with Gasteiger partial charge in [-0.3, -0.25) is 0 Å². The first-order valence-corrected chi connectivity index (χ1v) is 9.07. The normalized spacial score (nSPS) is 11.3. The molecule has 0 heterocycles. The average Bonchev–Trinajstić information content (AvgIpc) is 2.45. The number of carbonyl (C=O) groups excluding carboxylic acids is 1. The van der Waals surface area contributed by atoms with Gasteiger partial charge in [-0.1, -0.05) is 29.8 Å².